The number of amides is 1. The minimum atomic E-state index is -0.200. The van der Waals surface area contributed by atoms with Crippen molar-refractivity contribution in [2.45, 2.75) is 32.4 Å². The number of nitrogens with zero attached hydrogens (tertiary/aromatic N) is 1. The number of hydrogen-bond acceptors (Lipinski definition) is 3. The summed E-state index contributed by atoms with van der Waals surface area (Å²) < 4.78 is 12.9. The molecule has 1 fully saturated rings. The Morgan fingerprint density at radius 2 is 1.87 bits per heavy atom. The van der Waals surface area contributed by atoms with E-state index in [0.717, 1.165) is 38.0 Å². The highest BCUT2D eigenvalue weighted by Crippen LogP contribution is 2.14. The lowest BCUT2D eigenvalue weighted by atomic mass is 10.0. The zero-order chi connectivity index (χ0) is 15.2. The standard InChI is InChI=1S/C16H24FN3O.2ClH/c1-12(10-18)16(21)19-15-6-8-20(9-7-15)11-13-2-4-14(17)5-3-13;;/h2-5,12,15H,6-11,18H2,1H3,(H,19,21);2*1H. The lowest BCUT2D eigenvalue weighted by Gasteiger charge is -2.32. The Hall–Kier alpha value is -0.880. The van der Waals surface area contributed by atoms with Gasteiger partial charge in [-0.25, -0.2) is 4.39 Å². The molecule has 0 radical (unpaired) electrons. The molecule has 0 saturated carbocycles. The SMILES string of the molecule is CC(CN)C(=O)NC1CCN(Cc2ccc(F)cc2)CC1.Cl.Cl. The van der Waals surface area contributed by atoms with E-state index in [1.165, 1.54) is 12.1 Å². The number of nitrogens with two attached hydrogens (primary N) is 1. The second kappa shape index (κ2) is 10.8. The molecule has 1 amide bonds. The van der Waals surface area contributed by atoms with Crippen molar-refractivity contribution in [2.75, 3.05) is 19.6 Å². The summed E-state index contributed by atoms with van der Waals surface area (Å²) in [5, 5.41) is 3.07. The van der Waals surface area contributed by atoms with E-state index >= 15 is 0 Å². The van der Waals surface area contributed by atoms with Crippen LogP contribution in [0.15, 0.2) is 24.3 Å². The number of nitrogens with one attached hydrogen (secondary N) is 1. The van der Waals surface area contributed by atoms with Crippen LogP contribution in [0.5, 0.6) is 0 Å². The molecule has 0 aliphatic carbocycles. The monoisotopic (exact) mass is 365 g/mol. The van der Waals surface area contributed by atoms with Crippen molar-refractivity contribution in [1.29, 1.82) is 0 Å². The van der Waals surface area contributed by atoms with Crippen molar-refractivity contribution >= 4 is 30.7 Å². The first-order valence-electron chi connectivity index (χ1n) is 7.55. The van der Waals surface area contributed by atoms with E-state index in [2.05, 4.69) is 10.2 Å². The van der Waals surface area contributed by atoms with Crippen LogP contribution in [0.3, 0.4) is 0 Å². The minimum absolute atomic E-state index is 0. The van der Waals surface area contributed by atoms with Gasteiger partial charge in [-0.2, -0.15) is 0 Å². The van der Waals surface area contributed by atoms with Crippen molar-refractivity contribution in [3.05, 3.63) is 35.6 Å². The van der Waals surface area contributed by atoms with Gasteiger partial charge >= 0.3 is 0 Å². The highest BCUT2D eigenvalue weighted by Gasteiger charge is 2.22. The zero-order valence-electron chi connectivity index (χ0n) is 13.3. The Bertz CT molecular complexity index is 465. The highest BCUT2D eigenvalue weighted by molar-refractivity contribution is 5.85. The first-order valence-corrected chi connectivity index (χ1v) is 7.55. The number of rotatable bonds is 5. The van der Waals surface area contributed by atoms with Gasteiger partial charge in [0.2, 0.25) is 5.91 Å². The Kier molecular flexibility index (Phi) is 10.4. The number of hydrogen-bond donors (Lipinski definition) is 2. The van der Waals surface area contributed by atoms with Crippen molar-refractivity contribution < 1.29 is 9.18 Å². The molecule has 23 heavy (non-hydrogen) atoms. The fourth-order valence-electron chi connectivity index (χ4n) is 2.53. The number of carbonyl (C=O) groups excluding carboxylic acids is 1. The molecule has 2 rings (SSSR count). The number of halogens is 3. The lowest BCUT2D eigenvalue weighted by molar-refractivity contribution is -0.125. The minimum Gasteiger partial charge on any atom is -0.353 e. The Morgan fingerprint density at radius 1 is 1.30 bits per heavy atom. The maximum absolute atomic E-state index is 12.9. The van der Waals surface area contributed by atoms with E-state index in [4.69, 9.17) is 5.73 Å². The maximum Gasteiger partial charge on any atom is 0.224 e. The fraction of sp³-hybridized carbons (Fsp3) is 0.562. The van der Waals surface area contributed by atoms with Gasteiger partial charge in [-0.15, -0.1) is 24.8 Å². The second-order valence-electron chi connectivity index (χ2n) is 5.82. The molecule has 7 heteroatoms. The zero-order valence-corrected chi connectivity index (χ0v) is 15.0. The van der Waals surface area contributed by atoms with Crippen LogP contribution in [0.4, 0.5) is 4.39 Å². The number of benzene rings is 1. The van der Waals surface area contributed by atoms with Gasteiger partial charge in [0.1, 0.15) is 5.82 Å². The van der Waals surface area contributed by atoms with Gasteiger partial charge in [0, 0.05) is 38.1 Å². The van der Waals surface area contributed by atoms with Crippen molar-refractivity contribution in [3.8, 4) is 0 Å². The van der Waals surface area contributed by atoms with Gasteiger partial charge < -0.3 is 11.1 Å². The van der Waals surface area contributed by atoms with Gasteiger partial charge in [0.25, 0.3) is 0 Å². The summed E-state index contributed by atoms with van der Waals surface area (Å²) in [4.78, 5) is 14.1. The van der Waals surface area contributed by atoms with Crippen molar-refractivity contribution in [3.63, 3.8) is 0 Å². The van der Waals surface area contributed by atoms with Crippen LogP contribution in [0.2, 0.25) is 0 Å². The molecule has 1 unspecified atom stereocenters. The van der Waals surface area contributed by atoms with E-state index in [-0.39, 0.29) is 48.5 Å². The van der Waals surface area contributed by atoms with Gasteiger partial charge in [0.15, 0.2) is 0 Å². The largest absolute Gasteiger partial charge is 0.353 e. The molecule has 1 aliphatic heterocycles. The van der Waals surface area contributed by atoms with E-state index in [1.54, 1.807) is 0 Å². The van der Waals surface area contributed by atoms with Gasteiger partial charge in [-0.1, -0.05) is 19.1 Å². The Labute approximate surface area is 149 Å². The van der Waals surface area contributed by atoms with E-state index in [0.29, 0.717) is 6.54 Å². The molecule has 1 aromatic rings. The molecule has 4 nitrogen and oxygen atoms in total. The van der Waals surface area contributed by atoms with Crippen LogP contribution in [0.1, 0.15) is 25.3 Å². The third-order valence-corrected chi connectivity index (χ3v) is 4.05. The van der Waals surface area contributed by atoms with Crippen LogP contribution < -0.4 is 11.1 Å². The lowest BCUT2D eigenvalue weighted by Crippen LogP contribution is -2.46. The molecule has 1 saturated heterocycles. The molecule has 0 bridgehead atoms. The summed E-state index contributed by atoms with van der Waals surface area (Å²) in [5.41, 5.74) is 6.62. The Balaban J connectivity index is 0.00000242. The third kappa shape index (κ3) is 7.04. The quantitative estimate of drug-likeness (QED) is 0.841. The summed E-state index contributed by atoms with van der Waals surface area (Å²) in [5.74, 6) is -0.272. The van der Waals surface area contributed by atoms with Crippen LogP contribution in [-0.4, -0.2) is 36.5 Å². The average molecular weight is 366 g/mol. The predicted octanol–water partition coefficient (Wildman–Crippen LogP) is 2.34. The second-order valence-corrected chi connectivity index (χ2v) is 5.82. The van der Waals surface area contributed by atoms with Crippen LogP contribution >= 0.6 is 24.8 Å². The van der Waals surface area contributed by atoms with Gasteiger partial charge in [-0.3, -0.25) is 9.69 Å². The molecule has 0 aromatic heterocycles. The third-order valence-electron chi connectivity index (χ3n) is 4.05. The number of likely N-dealkylation sites (tertiary alicyclic amines) is 1. The smallest absolute Gasteiger partial charge is 0.224 e. The molecule has 132 valence electrons. The molecule has 1 heterocycles. The Morgan fingerprint density at radius 3 is 2.39 bits per heavy atom. The topological polar surface area (TPSA) is 58.4 Å². The number of piperidine rings is 1. The summed E-state index contributed by atoms with van der Waals surface area (Å²) >= 11 is 0. The van der Waals surface area contributed by atoms with Crippen molar-refractivity contribution in [1.82, 2.24) is 10.2 Å². The van der Waals surface area contributed by atoms with Gasteiger partial charge in [-0.05, 0) is 30.5 Å². The molecule has 1 aromatic carbocycles. The highest BCUT2D eigenvalue weighted by atomic mass is 35.5. The first kappa shape index (κ1) is 22.1. The predicted molar refractivity (Wildman–Crippen MR) is 95.6 cm³/mol. The number of carbonyl (C=O) groups is 1. The van der Waals surface area contributed by atoms with Crippen LogP contribution in [0, 0.1) is 11.7 Å². The van der Waals surface area contributed by atoms with Gasteiger partial charge in [0.05, 0.1) is 0 Å². The van der Waals surface area contributed by atoms with Crippen molar-refractivity contribution in [2.24, 2.45) is 11.7 Å². The maximum atomic E-state index is 12.9. The van der Waals surface area contributed by atoms with E-state index in [1.807, 2.05) is 19.1 Å². The van der Waals surface area contributed by atoms with E-state index < -0.39 is 0 Å². The molecule has 0 spiro atoms. The molecule has 3 N–H and O–H groups in total. The van der Waals surface area contributed by atoms with E-state index in [9.17, 15) is 9.18 Å². The fourth-order valence-corrected chi connectivity index (χ4v) is 2.53. The molecular formula is C16H26Cl2FN3O. The summed E-state index contributed by atoms with van der Waals surface area (Å²) in [7, 11) is 0. The molecule has 1 aliphatic rings. The summed E-state index contributed by atoms with van der Waals surface area (Å²) in [6.45, 7) is 4.95. The summed E-state index contributed by atoms with van der Waals surface area (Å²) in [6, 6.07) is 6.89. The van der Waals surface area contributed by atoms with Crippen LogP contribution in [0.25, 0.3) is 0 Å². The first-order chi connectivity index (χ1) is 10.1. The summed E-state index contributed by atoms with van der Waals surface area (Å²) in [6.07, 6.45) is 1.90. The average Bonchev–Trinajstić information content (AvgIpc) is 2.50. The molecular weight excluding hydrogens is 340 g/mol. The van der Waals surface area contributed by atoms with Crippen LogP contribution in [-0.2, 0) is 11.3 Å². The molecule has 1 atom stereocenters. The normalized spacial score (nSPS) is 16.8.